The van der Waals surface area contributed by atoms with E-state index in [4.69, 9.17) is 0 Å². The van der Waals surface area contributed by atoms with Gasteiger partial charge in [-0.15, -0.1) is 0 Å². The normalized spacial score (nSPS) is 35.6. The smallest absolute Gasteiger partial charge is 0.0132 e. The van der Waals surface area contributed by atoms with Crippen LogP contribution in [0.25, 0.3) is 0 Å². The van der Waals surface area contributed by atoms with E-state index < -0.39 is 0 Å². The predicted octanol–water partition coefficient (Wildman–Crippen LogP) is 4.08. The van der Waals surface area contributed by atoms with Crippen LogP contribution in [0.3, 0.4) is 0 Å². The molecule has 0 bridgehead atoms. The largest absolute Gasteiger partial charge is 0.295 e. The number of hydrogen-bond acceptors (Lipinski definition) is 1. The molecule has 16 heavy (non-hydrogen) atoms. The highest BCUT2D eigenvalue weighted by molar-refractivity contribution is 5.00. The van der Waals surface area contributed by atoms with Crippen molar-refractivity contribution in [1.82, 2.24) is 4.90 Å². The molecule has 0 N–H and O–H groups in total. The van der Waals surface area contributed by atoms with Gasteiger partial charge in [-0.3, -0.25) is 4.90 Å². The molecule has 1 aliphatic heterocycles. The van der Waals surface area contributed by atoms with Crippen molar-refractivity contribution in [3.8, 4) is 0 Å². The Labute approximate surface area is 102 Å². The fourth-order valence-corrected chi connectivity index (χ4v) is 3.97. The number of unbranched alkanes of at least 4 members (excludes halogenated alkanes) is 1. The molecule has 0 aromatic rings. The van der Waals surface area contributed by atoms with Crippen LogP contribution in [0.1, 0.15) is 66.2 Å². The van der Waals surface area contributed by atoms with Gasteiger partial charge in [0, 0.05) is 18.1 Å². The van der Waals surface area contributed by atoms with Crippen molar-refractivity contribution in [2.75, 3.05) is 6.54 Å². The van der Waals surface area contributed by atoms with Gasteiger partial charge < -0.3 is 0 Å². The summed E-state index contributed by atoms with van der Waals surface area (Å²) >= 11 is 0. The second kappa shape index (κ2) is 4.68. The molecule has 1 saturated heterocycles. The minimum Gasteiger partial charge on any atom is -0.295 e. The maximum atomic E-state index is 2.82. The minimum absolute atomic E-state index is 0.378. The molecule has 94 valence electrons. The van der Waals surface area contributed by atoms with Crippen LogP contribution in [0.5, 0.6) is 0 Å². The maximum absolute atomic E-state index is 2.82. The average Bonchev–Trinajstić information content (AvgIpc) is 2.72. The fourth-order valence-electron chi connectivity index (χ4n) is 3.97. The third-order valence-electron chi connectivity index (χ3n) is 4.76. The summed E-state index contributed by atoms with van der Waals surface area (Å²) in [5.74, 6) is 2.06. The highest BCUT2D eigenvalue weighted by Gasteiger charge is 2.46. The van der Waals surface area contributed by atoms with Crippen LogP contribution in [-0.2, 0) is 0 Å². The molecule has 0 aromatic heterocycles. The summed E-state index contributed by atoms with van der Waals surface area (Å²) in [5.41, 5.74) is 0.378. The van der Waals surface area contributed by atoms with Crippen molar-refractivity contribution in [1.29, 1.82) is 0 Å². The first kappa shape index (κ1) is 12.4. The van der Waals surface area contributed by atoms with Gasteiger partial charge in [0.1, 0.15) is 0 Å². The first-order chi connectivity index (χ1) is 7.54. The van der Waals surface area contributed by atoms with E-state index in [1.165, 1.54) is 45.1 Å². The summed E-state index contributed by atoms with van der Waals surface area (Å²) in [5, 5.41) is 0. The van der Waals surface area contributed by atoms with Crippen molar-refractivity contribution < 1.29 is 0 Å². The molecular formula is C15H29N. The van der Waals surface area contributed by atoms with Crippen LogP contribution in [-0.4, -0.2) is 23.0 Å². The highest BCUT2D eigenvalue weighted by atomic mass is 15.2. The van der Waals surface area contributed by atoms with Crippen LogP contribution >= 0.6 is 0 Å². The molecule has 3 unspecified atom stereocenters. The molecule has 0 amide bonds. The monoisotopic (exact) mass is 223 g/mol. The maximum Gasteiger partial charge on any atom is 0.0132 e. The Morgan fingerprint density at radius 3 is 2.56 bits per heavy atom. The van der Waals surface area contributed by atoms with Crippen molar-refractivity contribution in [3.05, 3.63) is 0 Å². The van der Waals surface area contributed by atoms with Gasteiger partial charge in [0.15, 0.2) is 0 Å². The lowest BCUT2D eigenvalue weighted by atomic mass is 9.90. The Balaban J connectivity index is 2.07. The summed E-state index contributed by atoms with van der Waals surface area (Å²) in [4.78, 5) is 2.82. The minimum atomic E-state index is 0.378. The third kappa shape index (κ3) is 2.30. The number of hydrogen-bond donors (Lipinski definition) is 0. The van der Waals surface area contributed by atoms with Crippen molar-refractivity contribution in [2.24, 2.45) is 11.8 Å². The van der Waals surface area contributed by atoms with Crippen LogP contribution in [0.2, 0.25) is 0 Å². The molecular weight excluding hydrogens is 194 g/mol. The van der Waals surface area contributed by atoms with E-state index in [-0.39, 0.29) is 0 Å². The standard InChI is InChI=1S/C15H29N/c1-5-6-10-14-13-9-7-8-12(13)11-16(14)15(2,3)4/h12-14H,5-11H2,1-4H3. The summed E-state index contributed by atoms with van der Waals surface area (Å²) in [7, 11) is 0. The molecule has 3 atom stereocenters. The Morgan fingerprint density at radius 1 is 1.19 bits per heavy atom. The summed E-state index contributed by atoms with van der Waals surface area (Å²) in [6, 6.07) is 0.896. The quantitative estimate of drug-likeness (QED) is 0.697. The van der Waals surface area contributed by atoms with Gasteiger partial charge in [0.2, 0.25) is 0 Å². The van der Waals surface area contributed by atoms with Crippen LogP contribution in [0.15, 0.2) is 0 Å². The Bertz CT molecular complexity index is 228. The lowest BCUT2D eigenvalue weighted by molar-refractivity contribution is 0.0966. The number of fused-ring (bicyclic) bond motifs is 1. The molecule has 1 saturated carbocycles. The molecule has 1 aliphatic carbocycles. The predicted molar refractivity (Wildman–Crippen MR) is 70.6 cm³/mol. The molecule has 1 heterocycles. The van der Waals surface area contributed by atoms with E-state index in [1.807, 2.05) is 0 Å². The zero-order valence-corrected chi connectivity index (χ0v) is 11.6. The molecule has 2 aliphatic rings. The molecule has 0 radical (unpaired) electrons. The molecule has 2 rings (SSSR count). The first-order valence-electron chi connectivity index (χ1n) is 7.30. The third-order valence-corrected chi connectivity index (χ3v) is 4.76. The average molecular weight is 223 g/mol. The van der Waals surface area contributed by atoms with Crippen molar-refractivity contribution in [3.63, 3.8) is 0 Å². The second-order valence-electron chi connectivity index (χ2n) is 6.89. The molecule has 2 fully saturated rings. The fraction of sp³-hybridized carbons (Fsp3) is 1.00. The zero-order chi connectivity index (χ0) is 11.8. The zero-order valence-electron chi connectivity index (χ0n) is 11.6. The summed E-state index contributed by atoms with van der Waals surface area (Å²) in [6.07, 6.45) is 8.71. The van der Waals surface area contributed by atoms with E-state index in [1.54, 1.807) is 0 Å². The van der Waals surface area contributed by atoms with E-state index in [9.17, 15) is 0 Å². The van der Waals surface area contributed by atoms with E-state index >= 15 is 0 Å². The second-order valence-corrected chi connectivity index (χ2v) is 6.89. The van der Waals surface area contributed by atoms with Crippen molar-refractivity contribution >= 4 is 0 Å². The van der Waals surface area contributed by atoms with Gasteiger partial charge in [-0.25, -0.2) is 0 Å². The van der Waals surface area contributed by atoms with Gasteiger partial charge in [-0.05, 0) is 51.9 Å². The van der Waals surface area contributed by atoms with Crippen molar-refractivity contribution in [2.45, 2.75) is 77.8 Å². The van der Waals surface area contributed by atoms with Gasteiger partial charge in [0.25, 0.3) is 0 Å². The lowest BCUT2D eigenvalue weighted by Crippen LogP contribution is -2.46. The molecule has 1 heteroatoms. The van der Waals surface area contributed by atoms with E-state index in [0.29, 0.717) is 5.54 Å². The number of nitrogens with zero attached hydrogens (tertiary/aromatic N) is 1. The Hall–Kier alpha value is -0.0400. The van der Waals surface area contributed by atoms with Gasteiger partial charge in [-0.1, -0.05) is 26.2 Å². The van der Waals surface area contributed by atoms with Gasteiger partial charge >= 0.3 is 0 Å². The van der Waals surface area contributed by atoms with Crippen LogP contribution < -0.4 is 0 Å². The molecule has 0 aromatic carbocycles. The molecule has 0 spiro atoms. The summed E-state index contributed by atoms with van der Waals surface area (Å²) < 4.78 is 0. The van der Waals surface area contributed by atoms with E-state index in [2.05, 4.69) is 32.6 Å². The summed E-state index contributed by atoms with van der Waals surface area (Å²) in [6.45, 7) is 10.9. The number of rotatable bonds is 3. The highest BCUT2D eigenvalue weighted by Crippen LogP contribution is 2.46. The topological polar surface area (TPSA) is 3.24 Å². The van der Waals surface area contributed by atoms with Crippen LogP contribution in [0, 0.1) is 11.8 Å². The Morgan fingerprint density at radius 2 is 1.94 bits per heavy atom. The first-order valence-corrected chi connectivity index (χ1v) is 7.30. The van der Waals surface area contributed by atoms with E-state index in [0.717, 1.165) is 17.9 Å². The van der Waals surface area contributed by atoms with Gasteiger partial charge in [0.05, 0.1) is 0 Å². The Kier molecular flexibility index (Phi) is 3.63. The molecule has 1 nitrogen and oxygen atoms in total. The van der Waals surface area contributed by atoms with Gasteiger partial charge in [-0.2, -0.15) is 0 Å². The number of likely N-dealkylation sites (tertiary alicyclic amines) is 1. The lowest BCUT2D eigenvalue weighted by Gasteiger charge is -2.38. The SMILES string of the molecule is CCCCC1C2CCCC2CN1C(C)(C)C. The van der Waals surface area contributed by atoms with Crippen LogP contribution in [0.4, 0.5) is 0 Å².